The van der Waals surface area contributed by atoms with Crippen molar-refractivity contribution in [2.45, 2.75) is 6.92 Å². The lowest BCUT2D eigenvalue weighted by Crippen LogP contribution is -2.22. The van der Waals surface area contributed by atoms with Crippen LogP contribution in [-0.4, -0.2) is 5.97 Å². The van der Waals surface area contributed by atoms with Crippen LogP contribution in [-0.2, 0) is 0 Å². The highest BCUT2D eigenvalue weighted by Crippen LogP contribution is 2.15. The number of hydrogen-bond donors (Lipinski definition) is 0. The summed E-state index contributed by atoms with van der Waals surface area (Å²) in [6.45, 7) is 1.81. The Labute approximate surface area is 69.4 Å². The Morgan fingerprint density at radius 1 is 1.55 bits per heavy atom. The van der Waals surface area contributed by atoms with Crippen molar-refractivity contribution in [2.24, 2.45) is 0 Å². The van der Waals surface area contributed by atoms with E-state index in [9.17, 15) is 9.90 Å². The van der Waals surface area contributed by atoms with Gasteiger partial charge in [0.2, 0.25) is 0 Å². The maximum absolute atomic E-state index is 10.3. The number of hydrogen-bond acceptors (Lipinski definition) is 2. The molecule has 0 aliphatic rings. The molecule has 0 spiro atoms. The van der Waals surface area contributed by atoms with Crippen LogP contribution in [0.5, 0.6) is 0 Å². The van der Waals surface area contributed by atoms with E-state index in [-0.39, 0.29) is 5.56 Å². The number of halogens is 1. The summed E-state index contributed by atoms with van der Waals surface area (Å²) in [4.78, 5) is 10.3. The van der Waals surface area contributed by atoms with Gasteiger partial charge in [-0.05, 0) is 24.1 Å². The Balaban J connectivity index is 3.15. The van der Waals surface area contributed by atoms with Crippen LogP contribution in [0.2, 0.25) is 5.02 Å². The van der Waals surface area contributed by atoms with Crippen molar-refractivity contribution in [1.82, 2.24) is 0 Å². The van der Waals surface area contributed by atoms with Crippen LogP contribution in [0.1, 0.15) is 15.9 Å². The second-order valence-corrected chi connectivity index (χ2v) is 2.66. The molecular formula is C8H6ClO2-. The van der Waals surface area contributed by atoms with E-state index in [2.05, 4.69) is 0 Å². The first-order chi connectivity index (χ1) is 5.11. The van der Waals surface area contributed by atoms with Crippen molar-refractivity contribution >= 4 is 17.6 Å². The molecule has 3 heteroatoms. The second-order valence-electron chi connectivity index (χ2n) is 2.25. The predicted molar refractivity (Wildman–Crippen MR) is 40.5 cm³/mol. The zero-order chi connectivity index (χ0) is 8.43. The minimum atomic E-state index is -1.20. The van der Waals surface area contributed by atoms with Crippen molar-refractivity contribution in [3.8, 4) is 0 Å². The van der Waals surface area contributed by atoms with Gasteiger partial charge in [-0.1, -0.05) is 23.7 Å². The van der Waals surface area contributed by atoms with Crippen molar-refractivity contribution in [3.63, 3.8) is 0 Å². The van der Waals surface area contributed by atoms with Crippen molar-refractivity contribution in [2.75, 3.05) is 0 Å². The van der Waals surface area contributed by atoms with E-state index in [1.165, 1.54) is 12.1 Å². The number of rotatable bonds is 1. The zero-order valence-corrected chi connectivity index (χ0v) is 6.68. The molecule has 0 bridgehead atoms. The SMILES string of the molecule is Cc1ccc(C(=O)[O-])cc1Cl. The van der Waals surface area contributed by atoms with Crippen LogP contribution in [0.3, 0.4) is 0 Å². The molecule has 0 radical (unpaired) electrons. The molecule has 0 atom stereocenters. The molecule has 0 fully saturated rings. The van der Waals surface area contributed by atoms with Crippen LogP contribution < -0.4 is 5.11 Å². The fourth-order valence-corrected chi connectivity index (χ4v) is 0.900. The summed E-state index contributed by atoms with van der Waals surface area (Å²) < 4.78 is 0. The van der Waals surface area contributed by atoms with Crippen LogP contribution in [0.25, 0.3) is 0 Å². The summed E-state index contributed by atoms with van der Waals surface area (Å²) in [6.07, 6.45) is 0. The number of carbonyl (C=O) groups excluding carboxylic acids is 1. The smallest absolute Gasteiger partial charge is 0.0715 e. The highest BCUT2D eigenvalue weighted by Gasteiger charge is 1.96. The molecule has 0 saturated carbocycles. The minimum Gasteiger partial charge on any atom is -0.545 e. The van der Waals surface area contributed by atoms with Crippen molar-refractivity contribution < 1.29 is 9.90 Å². The van der Waals surface area contributed by atoms with Crippen LogP contribution >= 0.6 is 11.6 Å². The van der Waals surface area contributed by atoms with Gasteiger partial charge in [0.05, 0.1) is 5.97 Å². The van der Waals surface area contributed by atoms with E-state index in [4.69, 9.17) is 11.6 Å². The van der Waals surface area contributed by atoms with E-state index >= 15 is 0 Å². The zero-order valence-electron chi connectivity index (χ0n) is 5.93. The molecule has 0 heterocycles. The molecule has 1 aromatic rings. The summed E-state index contributed by atoms with van der Waals surface area (Å²) in [5.41, 5.74) is 0.970. The van der Waals surface area contributed by atoms with Gasteiger partial charge in [0.15, 0.2) is 0 Å². The summed E-state index contributed by atoms with van der Waals surface area (Å²) in [7, 11) is 0. The van der Waals surface area contributed by atoms with Crippen LogP contribution in [0.15, 0.2) is 18.2 Å². The van der Waals surface area contributed by atoms with Gasteiger partial charge in [0.1, 0.15) is 0 Å². The fourth-order valence-electron chi connectivity index (χ4n) is 0.720. The topological polar surface area (TPSA) is 40.1 Å². The summed E-state index contributed by atoms with van der Waals surface area (Å²) in [5, 5.41) is 10.7. The average molecular weight is 170 g/mol. The molecule has 1 rings (SSSR count). The van der Waals surface area contributed by atoms with Gasteiger partial charge < -0.3 is 9.90 Å². The highest BCUT2D eigenvalue weighted by molar-refractivity contribution is 6.31. The standard InChI is InChI=1S/C8H7ClO2/c1-5-2-3-6(8(10)11)4-7(5)9/h2-4H,1H3,(H,10,11)/p-1. The van der Waals surface area contributed by atoms with Gasteiger partial charge in [-0.3, -0.25) is 0 Å². The molecule has 1 aromatic carbocycles. The van der Waals surface area contributed by atoms with Gasteiger partial charge in [0.25, 0.3) is 0 Å². The van der Waals surface area contributed by atoms with Gasteiger partial charge in [-0.15, -0.1) is 0 Å². The van der Waals surface area contributed by atoms with E-state index in [0.29, 0.717) is 5.02 Å². The Morgan fingerprint density at radius 2 is 2.18 bits per heavy atom. The lowest BCUT2D eigenvalue weighted by atomic mass is 10.1. The quantitative estimate of drug-likeness (QED) is 0.630. The lowest BCUT2D eigenvalue weighted by Gasteiger charge is -2.03. The molecule has 11 heavy (non-hydrogen) atoms. The first kappa shape index (κ1) is 8.08. The Bertz CT molecular complexity index is 294. The Kier molecular flexibility index (Phi) is 2.15. The molecule has 2 nitrogen and oxygen atoms in total. The van der Waals surface area contributed by atoms with Crippen LogP contribution in [0, 0.1) is 6.92 Å². The van der Waals surface area contributed by atoms with Crippen molar-refractivity contribution in [3.05, 3.63) is 34.3 Å². The van der Waals surface area contributed by atoms with E-state index in [0.717, 1.165) is 5.56 Å². The number of aryl methyl sites for hydroxylation is 1. The first-order valence-corrected chi connectivity index (χ1v) is 3.46. The summed E-state index contributed by atoms with van der Waals surface area (Å²) in [6, 6.07) is 4.50. The number of aromatic carboxylic acids is 1. The summed E-state index contributed by atoms with van der Waals surface area (Å²) >= 11 is 5.67. The van der Waals surface area contributed by atoms with E-state index in [1.807, 2.05) is 0 Å². The Morgan fingerprint density at radius 3 is 2.64 bits per heavy atom. The van der Waals surface area contributed by atoms with Gasteiger partial charge in [0, 0.05) is 5.02 Å². The molecular weight excluding hydrogens is 164 g/mol. The number of carboxylic acids is 1. The van der Waals surface area contributed by atoms with Gasteiger partial charge in [-0.2, -0.15) is 0 Å². The average Bonchev–Trinajstić information content (AvgIpc) is 1.94. The first-order valence-electron chi connectivity index (χ1n) is 3.09. The van der Waals surface area contributed by atoms with Gasteiger partial charge in [-0.25, -0.2) is 0 Å². The predicted octanol–water partition coefficient (Wildman–Crippen LogP) is 1.01. The molecule has 0 N–H and O–H groups in total. The lowest BCUT2D eigenvalue weighted by molar-refractivity contribution is -0.255. The van der Waals surface area contributed by atoms with Gasteiger partial charge >= 0.3 is 0 Å². The third kappa shape index (κ3) is 1.71. The van der Waals surface area contributed by atoms with Crippen molar-refractivity contribution in [1.29, 1.82) is 0 Å². The molecule has 0 aliphatic heterocycles. The monoisotopic (exact) mass is 169 g/mol. The molecule has 0 aliphatic carbocycles. The number of benzene rings is 1. The van der Waals surface area contributed by atoms with Crippen LogP contribution in [0.4, 0.5) is 0 Å². The Hall–Kier alpha value is -1.02. The molecule has 0 aromatic heterocycles. The largest absolute Gasteiger partial charge is 0.545 e. The normalized spacial score (nSPS) is 9.64. The minimum absolute atomic E-state index is 0.112. The molecule has 0 saturated heterocycles. The molecule has 0 unspecified atom stereocenters. The third-order valence-electron chi connectivity index (χ3n) is 1.41. The number of carboxylic acid groups (broad SMARTS) is 1. The maximum Gasteiger partial charge on any atom is 0.0715 e. The highest BCUT2D eigenvalue weighted by atomic mass is 35.5. The second kappa shape index (κ2) is 2.93. The maximum atomic E-state index is 10.3. The number of carbonyl (C=O) groups is 1. The third-order valence-corrected chi connectivity index (χ3v) is 1.81. The van der Waals surface area contributed by atoms with E-state index in [1.54, 1.807) is 13.0 Å². The molecule has 58 valence electrons. The molecule has 0 amide bonds. The van der Waals surface area contributed by atoms with E-state index < -0.39 is 5.97 Å². The summed E-state index contributed by atoms with van der Waals surface area (Å²) in [5.74, 6) is -1.20. The fraction of sp³-hybridized carbons (Fsp3) is 0.125.